The molecule has 0 atom stereocenters. The molecule has 0 spiro atoms. The first-order valence-corrected chi connectivity index (χ1v) is 12.5. The summed E-state index contributed by atoms with van der Waals surface area (Å²) in [7, 11) is -0.833. The van der Waals surface area contributed by atoms with Crippen LogP contribution in [0.15, 0.2) is 0 Å². The smallest absolute Gasteiger partial charge is 0.191 e. The molecule has 0 saturated heterocycles. The van der Waals surface area contributed by atoms with Crippen LogP contribution in [0.2, 0.25) is 0 Å². The van der Waals surface area contributed by atoms with Crippen molar-refractivity contribution in [3.05, 3.63) is 0 Å². The molecular formula is C20H43N2O3PS. The average Bonchev–Trinajstić information content (AvgIpc) is 2.52. The molecule has 0 aromatic heterocycles. The van der Waals surface area contributed by atoms with Crippen molar-refractivity contribution in [3.63, 3.8) is 0 Å². The fourth-order valence-electron chi connectivity index (χ4n) is 2.99. The molecule has 0 rings (SSSR count). The van der Waals surface area contributed by atoms with E-state index in [0.717, 1.165) is 12.8 Å². The normalized spacial score (nSPS) is 12.7. The van der Waals surface area contributed by atoms with Crippen LogP contribution < -0.4 is 0 Å². The van der Waals surface area contributed by atoms with Crippen molar-refractivity contribution < 1.29 is 14.1 Å². The predicted molar refractivity (Wildman–Crippen MR) is 120 cm³/mol. The molecule has 0 fully saturated rings. The number of hydrogen-bond donors (Lipinski definition) is 0. The second-order valence-corrected chi connectivity index (χ2v) is 10.5. The van der Waals surface area contributed by atoms with Gasteiger partial charge in [0.2, 0.25) is 0 Å². The molecule has 27 heavy (non-hydrogen) atoms. The summed E-state index contributed by atoms with van der Waals surface area (Å²) >= 11 is 1.28. The van der Waals surface area contributed by atoms with Gasteiger partial charge in [-0.2, -0.15) is 0 Å². The molecule has 0 amide bonds. The summed E-state index contributed by atoms with van der Waals surface area (Å²) in [5.74, 6) is 0.446. The summed E-state index contributed by atoms with van der Waals surface area (Å²) in [6.45, 7) is 21.2. The van der Waals surface area contributed by atoms with E-state index >= 15 is 0 Å². The first-order chi connectivity index (χ1) is 12.6. The maximum Gasteiger partial charge on any atom is 0.191 e. The van der Waals surface area contributed by atoms with Crippen LogP contribution in [0, 0.1) is 0 Å². The third-order valence-electron chi connectivity index (χ3n) is 3.91. The van der Waals surface area contributed by atoms with Gasteiger partial charge in [0, 0.05) is 37.2 Å². The number of rotatable bonds is 15. The molecule has 0 radical (unpaired) electrons. The van der Waals surface area contributed by atoms with Gasteiger partial charge < -0.3 is 9.26 Å². The van der Waals surface area contributed by atoms with Gasteiger partial charge >= 0.3 is 0 Å². The average molecular weight is 423 g/mol. The van der Waals surface area contributed by atoms with Gasteiger partial charge in [-0.15, -0.1) is 0 Å². The second kappa shape index (κ2) is 15.2. The Kier molecular flexibility index (Phi) is 15.3. The molecule has 0 heterocycles. The van der Waals surface area contributed by atoms with E-state index in [-0.39, 0.29) is 5.12 Å². The zero-order chi connectivity index (χ0) is 21.0. The molecule has 0 saturated carbocycles. The highest BCUT2D eigenvalue weighted by Gasteiger charge is 2.34. The highest BCUT2D eigenvalue weighted by molar-refractivity contribution is 8.13. The van der Waals surface area contributed by atoms with E-state index in [4.69, 9.17) is 9.26 Å². The summed E-state index contributed by atoms with van der Waals surface area (Å²) in [6, 6.07) is 1.70. The number of ether oxygens (including phenoxy) is 1. The van der Waals surface area contributed by atoms with Crippen LogP contribution in [0.5, 0.6) is 0 Å². The van der Waals surface area contributed by atoms with Gasteiger partial charge in [0.25, 0.3) is 0 Å². The lowest BCUT2D eigenvalue weighted by molar-refractivity contribution is -0.111. The zero-order valence-corrected chi connectivity index (χ0v) is 20.7. The van der Waals surface area contributed by atoms with E-state index in [0.29, 0.717) is 49.7 Å². The van der Waals surface area contributed by atoms with Crippen LogP contribution >= 0.6 is 20.2 Å². The van der Waals surface area contributed by atoms with Gasteiger partial charge in [-0.05, 0) is 68.2 Å². The van der Waals surface area contributed by atoms with Crippen LogP contribution in [0.4, 0.5) is 0 Å². The molecule has 162 valence electrons. The van der Waals surface area contributed by atoms with Gasteiger partial charge in [-0.1, -0.05) is 18.7 Å². The Morgan fingerprint density at radius 2 is 1.37 bits per heavy atom. The summed E-state index contributed by atoms with van der Waals surface area (Å²) in [4.78, 5) is 11.5. The topological polar surface area (TPSA) is 42.0 Å². The van der Waals surface area contributed by atoms with Gasteiger partial charge in [0.15, 0.2) is 13.6 Å². The van der Waals surface area contributed by atoms with Crippen LogP contribution in [0.25, 0.3) is 0 Å². The van der Waals surface area contributed by atoms with Crippen molar-refractivity contribution in [2.45, 2.75) is 106 Å². The summed E-state index contributed by atoms with van der Waals surface area (Å²) < 4.78 is 17.0. The van der Waals surface area contributed by atoms with E-state index in [2.05, 4.69) is 64.7 Å². The van der Waals surface area contributed by atoms with Crippen LogP contribution in [-0.4, -0.2) is 57.8 Å². The van der Waals surface area contributed by atoms with Gasteiger partial charge in [-0.3, -0.25) is 4.79 Å². The van der Waals surface area contributed by atoms with Gasteiger partial charge in [0.1, 0.15) is 0 Å². The highest BCUT2D eigenvalue weighted by Crippen LogP contribution is 2.50. The van der Waals surface area contributed by atoms with E-state index in [1.807, 2.05) is 6.92 Å². The predicted octanol–water partition coefficient (Wildman–Crippen LogP) is 5.89. The number of nitrogens with zero attached hydrogens (tertiary/aromatic N) is 2. The van der Waals surface area contributed by atoms with Crippen molar-refractivity contribution in [3.8, 4) is 0 Å². The first-order valence-electron chi connectivity index (χ1n) is 10.4. The number of carbonyl (C=O) groups is 1. The Morgan fingerprint density at radius 3 is 1.78 bits per heavy atom. The number of thioether (sulfide) groups is 1. The number of hydrogen-bond acceptors (Lipinski definition) is 6. The molecule has 0 unspecified atom stereocenters. The molecule has 7 heteroatoms. The minimum Gasteiger partial charge on any atom is -0.370 e. The lowest BCUT2D eigenvalue weighted by atomic mass is 10.3. The largest absolute Gasteiger partial charge is 0.370 e. The van der Waals surface area contributed by atoms with E-state index in [1.165, 1.54) is 11.8 Å². The maximum atomic E-state index is 11.5. The highest BCUT2D eigenvalue weighted by atomic mass is 32.2. The van der Waals surface area contributed by atoms with Crippen molar-refractivity contribution in [2.75, 3.05) is 19.2 Å². The van der Waals surface area contributed by atoms with Crippen LogP contribution in [0.1, 0.15) is 81.6 Å². The molecule has 0 aliphatic heterocycles. The number of carbonyl (C=O) groups excluding carboxylic acids is 1. The van der Waals surface area contributed by atoms with E-state index in [1.54, 1.807) is 0 Å². The fraction of sp³-hybridized carbons (Fsp3) is 0.950. The maximum absolute atomic E-state index is 11.5. The van der Waals surface area contributed by atoms with E-state index in [9.17, 15) is 4.79 Å². The Bertz CT molecular complexity index is 359. The van der Waals surface area contributed by atoms with Crippen molar-refractivity contribution in [1.82, 2.24) is 9.34 Å². The fourth-order valence-corrected chi connectivity index (χ4v) is 6.04. The van der Waals surface area contributed by atoms with Gasteiger partial charge in [0.05, 0.1) is 12.5 Å². The quantitative estimate of drug-likeness (QED) is 0.186. The van der Waals surface area contributed by atoms with Crippen molar-refractivity contribution in [2.24, 2.45) is 0 Å². The second-order valence-electron chi connectivity index (χ2n) is 7.87. The molecular weight excluding hydrogens is 379 g/mol. The molecule has 0 aromatic carbocycles. The third kappa shape index (κ3) is 11.2. The summed E-state index contributed by atoms with van der Waals surface area (Å²) in [5.41, 5.74) is 0. The van der Waals surface area contributed by atoms with E-state index < -0.39 is 8.45 Å². The minimum absolute atomic E-state index is 0.214. The summed E-state index contributed by atoms with van der Waals surface area (Å²) in [5, 5.41) is 0.214. The third-order valence-corrected chi connectivity index (χ3v) is 7.77. The van der Waals surface area contributed by atoms with Gasteiger partial charge in [-0.25, -0.2) is 9.34 Å². The molecule has 0 bridgehead atoms. The zero-order valence-electron chi connectivity index (χ0n) is 19.0. The minimum atomic E-state index is -0.833. The Labute approximate surface area is 173 Å². The van der Waals surface area contributed by atoms with Crippen LogP contribution in [-0.2, 0) is 14.1 Å². The lowest BCUT2D eigenvalue weighted by Crippen LogP contribution is -2.43. The molecule has 0 N–H and O–H groups in total. The SMILES string of the molecule is CCCC(=O)SCOCCCOP(N(C(C)C)C(C)C)N(C(C)C)C(C)C. The Balaban J connectivity index is 4.63. The monoisotopic (exact) mass is 422 g/mol. The standard InChI is InChI=1S/C20H43N2O3PS/c1-10-12-20(23)27-15-24-13-11-14-25-26(21(16(2)3)17(4)5)22(18(6)7)19(8)9/h16-19H,10-15H2,1-9H3. The summed E-state index contributed by atoms with van der Waals surface area (Å²) in [6.07, 6.45) is 2.37. The van der Waals surface area contributed by atoms with Crippen LogP contribution in [0.3, 0.4) is 0 Å². The molecule has 0 aliphatic carbocycles. The molecule has 0 aliphatic rings. The Morgan fingerprint density at radius 1 is 0.889 bits per heavy atom. The van der Waals surface area contributed by atoms with Crippen molar-refractivity contribution in [1.29, 1.82) is 0 Å². The molecule has 5 nitrogen and oxygen atoms in total. The first kappa shape index (κ1) is 27.3. The van der Waals surface area contributed by atoms with Crippen molar-refractivity contribution >= 4 is 25.3 Å². The molecule has 0 aromatic rings. The Hall–Kier alpha value is 0.290. The lowest BCUT2D eigenvalue weighted by Gasteiger charge is -2.45.